The number of piperidine rings is 3. The molecule has 1 aromatic heterocycles. The number of para-hydroxylation sites is 1. The Balaban J connectivity index is 0.993. The van der Waals surface area contributed by atoms with Crippen LogP contribution in [-0.4, -0.2) is 112 Å². The van der Waals surface area contributed by atoms with Crippen molar-refractivity contribution >= 4 is 34.8 Å². The minimum absolute atomic E-state index is 0.0339. The van der Waals surface area contributed by atoms with Gasteiger partial charge in [-0.2, -0.15) is 0 Å². The fraction of sp³-hybridized carbons (Fsp3) is 0.579. The first kappa shape index (κ1) is 33.4. The van der Waals surface area contributed by atoms with Crippen molar-refractivity contribution in [1.29, 1.82) is 0 Å². The SMILES string of the molecule is Cc1cc(C[C@@H](OC(=O)N2CCC(N3CCc4ccccc4NC3=O)CC2)C(=O)N2CCC(N3CCC(C)(C)CC3)CC2)cc2nc[nH]c12. The number of ether oxygens (including phenoxy) is 1. The summed E-state index contributed by atoms with van der Waals surface area (Å²) in [5, 5.41) is 3.06. The average molecular weight is 670 g/mol. The van der Waals surface area contributed by atoms with E-state index in [4.69, 9.17) is 4.74 Å². The maximum Gasteiger partial charge on any atom is 0.410 e. The number of nitrogens with one attached hydrogen (secondary N) is 2. The summed E-state index contributed by atoms with van der Waals surface area (Å²) >= 11 is 0. The molecule has 0 radical (unpaired) electrons. The third kappa shape index (κ3) is 7.41. The number of nitrogens with zero attached hydrogens (tertiary/aromatic N) is 5. The van der Waals surface area contributed by atoms with Crippen LogP contribution in [0.4, 0.5) is 15.3 Å². The third-order valence-corrected chi connectivity index (χ3v) is 11.5. The van der Waals surface area contributed by atoms with E-state index < -0.39 is 12.2 Å². The van der Waals surface area contributed by atoms with Gasteiger partial charge in [0, 0.05) is 56.9 Å². The van der Waals surface area contributed by atoms with Gasteiger partial charge in [-0.25, -0.2) is 14.6 Å². The maximum absolute atomic E-state index is 14.2. The Morgan fingerprint density at radius 2 is 1.63 bits per heavy atom. The number of anilines is 1. The lowest BCUT2D eigenvalue weighted by Crippen LogP contribution is -2.53. The molecule has 4 aliphatic rings. The first-order valence-electron chi connectivity index (χ1n) is 18.2. The van der Waals surface area contributed by atoms with Crippen LogP contribution < -0.4 is 5.32 Å². The fourth-order valence-electron chi connectivity index (χ4n) is 8.25. The van der Waals surface area contributed by atoms with Crippen molar-refractivity contribution < 1.29 is 19.1 Å². The van der Waals surface area contributed by atoms with Crippen molar-refractivity contribution in [2.45, 2.75) is 90.3 Å². The van der Waals surface area contributed by atoms with Crippen molar-refractivity contribution in [3.05, 3.63) is 59.4 Å². The summed E-state index contributed by atoms with van der Waals surface area (Å²) < 4.78 is 6.14. The Labute approximate surface area is 289 Å². The van der Waals surface area contributed by atoms with Gasteiger partial charge in [0.05, 0.1) is 17.4 Å². The number of H-pyrrole nitrogens is 1. The molecule has 0 unspecified atom stereocenters. The molecule has 7 rings (SSSR count). The van der Waals surface area contributed by atoms with E-state index in [1.54, 1.807) is 11.2 Å². The number of imidazole rings is 1. The van der Waals surface area contributed by atoms with Crippen LogP contribution in [0.25, 0.3) is 11.0 Å². The maximum atomic E-state index is 14.2. The summed E-state index contributed by atoms with van der Waals surface area (Å²) in [6.45, 7) is 11.9. The normalized spacial score (nSPS) is 21.6. The standard InChI is InChI=1S/C38H51N7O4/c1-26-22-27(23-32-34(26)40-25-39-32)24-33(35(46)43-15-9-29(10-16-43)42-20-13-38(2,3)14-21-42)49-37(48)44-17-11-30(12-18-44)45-19-8-28-6-4-5-7-31(28)41-36(45)47/h4-7,22-23,25,29-30,33H,8-21,24H2,1-3H3,(H,39,40)(H,41,47)/t33-/m1/s1. The van der Waals surface area contributed by atoms with Gasteiger partial charge >= 0.3 is 12.1 Å². The molecule has 2 N–H and O–H groups in total. The topological polar surface area (TPSA) is 114 Å². The van der Waals surface area contributed by atoms with E-state index in [2.05, 4.69) is 46.2 Å². The number of likely N-dealkylation sites (tertiary alicyclic amines) is 3. The van der Waals surface area contributed by atoms with Crippen LogP contribution in [0.2, 0.25) is 0 Å². The molecule has 3 saturated heterocycles. The Hall–Kier alpha value is -4.12. The van der Waals surface area contributed by atoms with Crippen LogP contribution in [-0.2, 0) is 22.4 Å². The van der Waals surface area contributed by atoms with E-state index in [-0.39, 0.29) is 18.0 Å². The van der Waals surface area contributed by atoms with Gasteiger partial charge < -0.3 is 34.6 Å². The first-order chi connectivity index (χ1) is 23.6. The second kappa shape index (κ2) is 14.0. The number of aromatic amines is 1. The number of hydrogen-bond acceptors (Lipinski definition) is 6. The molecule has 1 atom stereocenters. The van der Waals surface area contributed by atoms with E-state index in [0.717, 1.165) is 65.8 Å². The highest BCUT2D eigenvalue weighted by atomic mass is 16.6. The molecule has 2 aromatic carbocycles. The Morgan fingerprint density at radius 3 is 2.39 bits per heavy atom. The lowest BCUT2D eigenvalue weighted by molar-refractivity contribution is -0.142. The number of aromatic nitrogens is 2. The number of carbonyl (C=O) groups is 3. The zero-order chi connectivity index (χ0) is 34.1. The molecule has 262 valence electrons. The van der Waals surface area contributed by atoms with Crippen LogP contribution >= 0.6 is 0 Å². The molecule has 3 aromatic rings. The molecule has 0 spiro atoms. The largest absolute Gasteiger partial charge is 0.436 e. The number of carbonyl (C=O) groups excluding carboxylic acids is 3. The van der Waals surface area contributed by atoms with Crippen LogP contribution in [0.15, 0.2) is 42.7 Å². The van der Waals surface area contributed by atoms with Gasteiger partial charge in [-0.3, -0.25) is 4.79 Å². The van der Waals surface area contributed by atoms with Gasteiger partial charge in [-0.05, 0) is 99.2 Å². The smallest absolute Gasteiger partial charge is 0.410 e. The van der Waals surface area contributed by atoms with Crippen LogP contribution in [0.3, 0.4) is 0 Å². The Bertz CT molecular complexity index is 1660. The summed E-state index contributed by atoms with van der Waals surface area (Å²) in [5.74, 6) is -0.123. The monoisotopic (exact) mass is 669 g/mol. The lowest BCUT2D eigenvalue weighted by atomic mass is 9.82. The molecule has 0 aliphatic carbocycles. The highest BCUT2D eigenvalue weighted by molar-refractivity contribution is 5.91. The van der Waals surface area contributed by atoms with Gasteiger partial charge in [-0.15, -0.1) is 0 Å². The van der Waals surface area contributed by atoms with Crippen molar-refractivity contribution in [3.63, 3.8) is 0 Å². The summed E-state index contributed by atoms with van der Waals surface area (Å²) in [5.41, 5.74) is 6.17. The predicted molar refractivity (Wildman–Crippen MR) is 189 cm³/mol. The van der Waals surface area contributed by atoms with Crippen molar-refractivity contribution in [2.24, 2.45) is 5.41 Å². The van der Waals surface area contributed by atoms with Gasteiger partial charge in [0.15, 0.2) is 6.10 Å². The molecule has 4 amide bonds. The molecule has 11 heteroatoms. The van der Waals surface area contributed by atoms with Gasteiger partial charge in [0.1, 0.15) is 0 Å². The summed E-state index contributed by atoms with van der Waals surface area (Å²) in [4.78, 5) is 56.7. The van der Waals surface area contributed by atoms with Crippen LogP contribution in [0.5, 0.6) is 0 Å². The summed E-state index contributed by atoms with van der Waals surface area (Å²) in [7, 11) is 0. The van der Waals surface area contributed by atoms with E-state index in [1.165, 1.54) is 12.8 Å². The highest BCUT2D eigenvalue weighted by Crippen LogP contribution is 2.33. The molecule has 5 heterocycles. The van der Waals surface area contributed by atoms with E-state index in [9.17, 15) is 14.4 Å². The molecule has 3 fully saturated rings. The first-order valence-corrected chi connectivity index (χ1v) is 18.2. The molecule has 0 bridgehead atoms. The van der Waals surface area contributed by atoms with Crippen molar-refractivity contribution in [3.8, 4) is 0 Å². The van der Waals surface area contributed by atoms with E-state index in [0.29, 0.717) is 63.4 Å². The number of rotatable bonds is 6. The van der Waals surface area contributed by atoms with Gasteiger partial charge in [0.2, 0.25) is 0 Å². The van der Waals surface area contributed by atoms with Gasteiger partial charge in [-0.1, -0.05) is 38.1 Å². The molecule has 49 heavy (non-hydrogen) atoms. The minimum atomic E-state index is -0.928. The third-order valence-electron chi connectivity index (χ3n) is 11.5. The Kier molecular flexibility index (Phi) is 9.55. The molecule has 11 nitrogen and oxygen atoms in total. The number of hydrogen-bond donors (Lipinski definition) is 2. The number of benzene rings is 2. The number of aryl methyl sites for hydroxylation is 1. The van der Waals surface area contributed by atoms with Crippen LogP contribution in [0, 0.1) is 12.3 Å². The highest BCUT2D eigenvalue weighted by Gasteiger charge is 2.37. The molecule has 4 aliphatic heterocycles. The fourth-order valence-corrected chi connectivity index (χ4v) is 8.25. The molecular formula is C38H51N7O4. The zero-order valence-corrected chi connectivity index (χ0v) is 29.2. The second-order valence-electron chi connectivity index (χ2n) is 15.3. The number of amides is 4. The minimum Gasteiger partial charge on any atom is -0.436 e. The van der Waals surface area contributed by atoms with E-state index in [1.807, 2.05) is 41.0 Å². The summed E-state index contributed by atoms with van der Waals surface area (Å²) in [6, 6.07) is 12.4. The molecule has 0 saturated carbocycles. The molecular weight excluding hydrogens is 618 g/mol. The van der Waals surface area contributed by atoms with E-state index >= 15 is 0 Å². The van der Waals surface area contributed by atoms with Crippen LogP contribution in [0.1, 0.15) is 69.1 Å². The summed E-state index contributed by atoms with van der Waals surface area (Å²) in [6.07, 6.45) is 6.98. The average Bonchev–Trinajstić information content (AvgIpc) is 3.51. The van der Waals surface area contributed by atoms with Crippen molar-refractivity contribution in [1.82, 2.24) is 29.6 Å². The number of fused-ring (bicyclic) bond motifs is 2. The van der Waals surface area contributed by atoms with Gasteiger partial charge in [0.25, 0.3) is 5.91 Å². The Morgan fingerprint density at radius 1 is 0.939 bits per heavy atom. The zero-order valence-electron chi connectivity index (χ0n) is 29.2. The number of urea groups is 1. The van der Waals surface area contributed by atoms with Crippen molar-refractivity contribution in [2.75, 3.05) is 51.1 Å². The quantitative estimate of drug-likeness (QED) is 0.354. The predicted octanol–water partition coefficient (Wildman–Crippen LogP) is 5.59. The second-order valence-corrected chi connectivity index (χ2v) is 15.3. The lowest BCUT2D eigenvalue weighted by Gasteiger charge is -2.44.